The molecule has 0 N–H and O–H groups in total. The van der Waals surface area contributed by atoms with Crippen molar-refractivity contribution in [2.45, 2.75) is 32.2 Å². The van der Waals surface area contributed by atoms with Crippen molar-refractivity contribution in [3.8, 4) is 5.88 Å². The van der Waals surface area contributed by atoms with E-state index in [-0.39, 0.29) is 0 Å². The van der Waals surface area contributed by atoms with Crippen molar-refractivity contribution in [3.63, 3.8) is 0 Å². The van der Waals surface area contributed by atoms with E-state index in [0.29, 0.717) is 23.3 Å². The number of thioether (sulfide) groups is 1. The zero-order valence-corrected chi connectivity index (χ0v) is 13.5. The van der Waals surface area contributed by atoms with E-state index in [4.69, 9.17) is 16.3 Å². The van der Waals surface area contributed by atoms with Crippen LogP contribution in [0.2, 0.25) is 0 Å². The normalized spacial score (nSPS) is 12.8. The van der Waals surface area contributed by atoms with Gasteiger partial charge in [0, 0.05) is 6.04 Å². The molecule has 0 saturated carbocycles. The molecule has 0 amide bonds. The van der Waals surface area contributed by atoms with Crippen molar-refractivity contribution in [1.29, 1.82) is 0 Å². The fourth-order valence-electron chi connectivity index (χ4n) is 2.17. The second-order valence-electron chi connectivity index (χ2n) is 4.42. The first-order valence-corrected chi connectivity index (χ1v) is 8.31. The maximum absolute atomic E-state index is 6.03. The molecule has 2 rings (SSSR count). The second kappa shape index (κ2) is 7.13. The first-order chi connectivity index (χ1) is 9.72. The number of imidazole rings is 1. The average Bonchev–Trinajstić information content (AvgIpc) is 2.85. The average molecular weight is 315 g/mol. The highest BCUT2D eigenvalue weighted by Gasteiger charge is 2.19. The summed E-state index contributed by atoms with van der Waals surface area (Å²) in [6.45, 7) is 4.34. The molecule has 0 radical (unpaired) electrons. The molecule has 2 heterocycles. The topological polar surface area (TPSA) is 52.8 Å². The van der Waals surface area contributed by atoms with Crippen LogP contribution < -0.4 is 4.74 Å². The molecule has 0 aromatic carbocycles. The molecule has 110 valence electrons. The number of fused-ring (bicyclic) bond motifs is 1. The summed E-state index contributed by atoms with van der Waals surface area (Å²) in [5, 5.41) is 0. The van der Waals surface area contributed by atoms with Crippen LogP contribution >= 0.6 is 23.4 Å². The molecule has 7 heteroatoms. The standard InChI is InChI=1S/C13H19ClN4OS/c1-4-20-6-5-9(2)18-10(7-14)17-11-12(18)15-8-16-13(11)19-3/h8-9H,4-7H2,1-3H3. The van der Waals surface area contributed by atoms with Gasteiger partial charge < -0.3 is 9.30 Å². The fraction of sp³-hybridized carbons (Fsp3) is 0.615. The molecule has 1 unspecified atom stereocenters. The van der Waals surface area contributed by atoms with Crippen LogP contribution in [0, 0.1) is 0 Å². The van der Waals surface area contributed by atoms with Crippen molar-refractivity contribution < 1.29 is 4.74 Å². The molecule has 0 spiro atoms. The molecule has 2 aromatic heterocycles. The summed E-state index contributed by atoms with van der Waals surface area (Å²) >= 11 is 7.96. The molecule has 20 heavy (non-hydrogen) atoms. The summed E-state index contributed by atoms with van der Waals surface area (Å²) in [5.74, 6) is 3.91. The third kappa shape index (κ3) is 3.01. The summed E-state index contributed by atoms with van der Waals surface area (Å²) in [7, 11) is 1.59. The van der Waals surface area contributed by atoms with E-state index in [1.165, 1.54) is 6.33 Å². The largest absolute Gasteiger partial charge is 0.479 e. The Kier molecular flexibility index (Phi) is 5.48. The lowest BCUT2D eigenvalue weighted by atomic mass is 10.2. The Morgan fingerprint density at radius 1 is 1.45 bits per heavy atom. The van der Waals surface area contributed by atoms with Crippen LogP contribution in [0.15, 0.2) is 6.33 Å². The third-order valence-electron chi connectivity index (χ3n) is 3.15. The summed E-state index contributed by atoms with van der Waals surface area (Å²) in [6.07, 6.45) is 2.56. The summed E-state index contributed by atoms with van der Waals surface area (Å²) in [5.41, 5.74) is 1.47. The first-order valence-electron chi connectivity index (χ1n) is 6.62. The lowest BCUT2D eigenvalue weighted by Crippen LogP contribution is -2.10. The molecule has 2 aromatic rings. The number of aromatic nitrogens is 4. The number of nitrogens with zero attached hydrogens (tertiary/aromatic N) is 4. The van der Waals surface area contributed by atoms with Crippen LogP contribution in [-0.2, 0) is 5.88 Å². The number of hydrogen-bond donors (Lipinski definition) is 0. The lowest BCUT2D eigenvalue weighted by molar-refractivity contribution is 0.401. The molecule has 0 aliphatic carbocycles. The van der Waals surface area contributed by atoms with Crippen LogP contribution in [0.5, 0.6) is 5.88 Å². The van der Waals surface area contributed by atoms with Gasteiger partial charge in [0.15, 0.2) is 11.2 Å². The minimum Gasteiger partial charge on any atom is -0.479 e. The van der Waals surface area contributed by atoms with Gasteiger partial charge in [-0.15, -0.1) is 11.6 Å². The number of hydrogen-bond acceptors (Lipinski definition) is 5. The summed E-state index contributed by atoms with van der Waals surface area (Å²) in [6, 6.07) is 0.299. The molecule has 5 nitrogen and oxygen atoms in total. The Labute approximate surface area is 128 Å². The minimum absolute atomic E-state index is 0.299. The Morgan fingerprint density at radius 2 is 2.25 bits per heavy atom. The quantitative estimate of drug-likeness (QED) is 0.580. The minimum atomic E-state index is 0.299. The van der Waals surface area contributed by atoms with Crippen LogP contribution in [0.25, 0.3) is 11.2 Å². The fourth-order valence-corrected chi connectivity index (χ4v) is 3.15. The van der Waals surface area contributed by atoms with Crippen LogP contribution in [0.3, 0.4) is 0 Å². The van der Waals surface area contributed by atoms with Gasteiger partial charge in [-0.3, -0.25) is 0 Å². The maximum atomic E-state index is 6.03. The first kappa shape index (κ1) is 15.4. The van der Waals surface area contributed by atoms with Crippen LogP contribution in [0.1, 0.15) is 32.1 Å². The molecular weight excluding hydrogens is 296 g/mol. The summed E-state index contributed by atoms with van der Waals surface area (Å²) < 4.78 is 7.34. The summed E-state index contributed by atoms with van der Waals surface area (Å²) in [4.78, 5) is 13.0. The van der Waals surface area contributed by atoms with E-state index in [9.17, 15) is 0 Å². The number of ether oxygens (including phenoxy) is 1. The molecule has 0 saturated heterocycles. The Hall–Kier alpha value is -1.01. The van der Waals surface area contributed by atoms with Crippen molar-refractivity contribution in [2.75, 3.05) is 18.6 Å². The predicted molar refractivity (Wildman–Crippen MR) is 83.8 cm³/mol. The lowest BCUT2D eigenvalue weighted by Gasteiger charge is -2.16. The SMILES string of the molecule is CCSCCC(C)n1c(CCl)nc2c(OC)ncnc21. The van der Waals surface area contributed by atoms with E-state index in [0.717, 1.165) is 29.4 Å². The molecular formula is C13H19ClN4OS. The van der Waals surface area contributed by atoms with E-state index < -0.39 is 0 Å². The smallest absolute Gasteiger partial charge is 0.245 e. The molecule has 0 fully saturated rings. The number of rotatable bonds is 7. The van der Waals surface area contributed by atoms with Crippen LogP contribution in [0.4, 0.5) is 0 Å². The van der Waals surface area contributed by atoms with Gasteiger partial charge >= 0.3 is 0 Å². The van der Waals surface area contributed by atoms with Gasteiger partial charge in [0.05, 0.1) is 13.0 Å². The van der Waals surface area contributed by atoms with Gasteiger partial charge in [-0.1, -0.05) is 6.92 Å². The highest BCUT2D eigenvalue weighted by atomic mass is 35.5. The molecule has 0 aliphatic rings. The zero-order valence-electron chi connectivity index (χ0n) is 12.0. The Morgan fingerprint density at radius 3 is 2.90 bits per heavy atom. The van der Waals surface area contributed by atoms with Gasteiger partial charge in [-0.05, 0) is 24.9 Å². The van der Waals surface area contributed by atoms with E-state index >= 15 is 0 Å². The number of alkyl halides is 1. The van der Waals surface area contributed by atoms with Crippen LogP contribution in [-0.4, -0.2) is 38.1 Å². The van der Waals surface area contributed by atoms with Gasteiger partial charge in [-0.25, -0.2) is 9.97 Å². The second-order valence-corrected chi connectivity index (χ2v) is 6.08. The van der Waals surface area contributed by atoms with Gasteiger partial charge in [0.25, 0.3) is 0 Å². The van der Waals surface area contributed by atoms with E-state index in [1.807, 2.05) is 11.8 Å². The maximum Gasteiger partial charge on any atom is 0.245 e. The Balaban J connectivity index is 2.40. The van der Waals surface area contributed by atoms with Crippen molar-refractivity contribution >= 4 is 34.5 Å². The Bertz CT molecular complexity index is 575. The third-order valence-corrected chi connectivity index (χ3v) is 4.33. The van der Waals surface area contributed by atoms with Gasteiger partial charge in [0.1, 0.15) is 12.2 Å². The number of methoxy groups -OCH3 is 1. The van der Waals surface area contributed by atoms with Crippen molar-refractivity contribution in [1.82, 2.24) is 19.5 Å². The molecule has 0 bridgehead atoms. The van der Waals surface area contributed by atoms with Crippen molar-refractivity contribution in [2.24, 2.45) is 0 Å². The van der Waals surface area contributed by atoms with Crippen molar-refractivity contribution in [3.05, 3.63) is 12.2 Å². The predicted octanol–water partition coefficient (Wildman–Crippen LogP) is 3.28. The molecule has 1 atom stereocenters. The van der Waals surface area contributed by atoms with E-state index in [1.54, 1.807) is 7.11 Å². The van der Waals surface area contributed by atoms with E-state index in [2.05, 4.69) is 33.4 Å². The number of halogens is 1. The van der Waals surface area contributed by atoms with Gasteiger partial charge in [0.2, 0.25) is 5.88 Å². The monoisotopic (exact) mass is 314 g/mol. The highest BCUT2D eigenvalue weighted by molar-refractivity contribution is 7.99. The zero-order chi connectivity index (χ0) is 14.5. The van der Waals surface area contributed by atoms with Gasteiger partial charge in [-0.2, -0.15) is 16.7 Å². The molecule has 0 aliphatic heterocycles. The highest BCUT2D eigenvalue weighted by Crippen LogP contribution is 2.27.